The molecule has 104 valence electrons. The lowest BCUT2D eigenvalue weighted by Crippen LogP contribution is -2.63. The summed E-state index contributed by atoms with van der Waals surface area (Å²) in [4.78, 5) is 11.9. The average molecular weight is 264 g/mol. The van der Waals surface area contributed by atoms with Gasteiger partial charge in [-0.1, -0.05) is 0 Å². The number of fused-ring (bicyclic) bond motifs is 2. The zero-order valence-corrected chi connectivity index (χ0v) is 11.7. The topological polar surface area (TPSA) is 39.4 Å². The minimum Gasteiger partial charge on any atom is -0.457 e. The molecule has 3 rings (SSSR count). The molecule has 0 amide bonds. The molecule has 1 aromatic rings. The predicted octanol–water partition coefficient (Wildman–Crippen LogP) is 2.60. The smallest absolute Gasteiger partial charge is 0.374 e. The van der Waals surface area contributed by atoms with Crippen molar-refractivity contribution in [3.05, 3.63) is 24.2 Å². The van der Waals surface area contributed by atoms with Crippen LogP contribution in [-0.2, 0) is 4.74 Å². The van der Waals surface area contributed by atoms with Gasteiger partial charge in [0.15, 0.2) is 0 Å². The Balaban J connectivity index is 1.67. The van der Waals surface area contributed by atoms with E-state index < -0.39 is 0 Å². The van der Waals surface area contributed by atoms with Crippen molar-refractivity contribution in [2.45, 2.75) is 50.3 Å². The fraction of sp³-hybridized carbons (Fsp3) is 0.667. The predicted molar refractivity (Wildman–Crippen MR) is 70.7 cm³/mol. The van der Waals surface area contributed by atoms with Crippen LogP contribution in [0, 0.1) is 0 Å². The maximum Gasteiger partial charge on any atom is 0.374 e. The van der Waals surface area contributed by atoms with Crippen LogP contribution in [0.5, 0.6) is 0 Å². The molecule has 0 radical (unpaired) electrons. The van der Waals surface area contributed by atoms with Crippen LogP contribution >= 0.6 is 0 Å². The lowest BCUT2D eigenvalue weighted by Gasteiger charge is -2.52. The molecule has 2 atom stereocenters. The largest absolute Gasteiger partial charge is 0.457 e. The van der Waals surface area contributed by atoms with Crippen molar-refractivity contribution < 1.29 is 18.4 Å². The molecule has 0 aromatic carbocycles. The Hall–Kier alpha value is -1.29. The number of carbonyl (C=O) groups excluding carboxylic acids is 1. The van der Waals surface area contributed by atoms with Crippen LogP contribution in [0.2, 0.25) is 0 Å². The Morgan fingerprint density at radius 1 is 1.32 bits per heavy atom. The third-order valence-electron chi connectivity index (χ3n) is 5.02. The molecule has 2 saturated heterocycles. The van der Waals surface area contributed by atoms with Gasteiger partial charge in [-0.2, -0.15) is 0 Å². The molecule has 1 aromatic heterocycles. The van der Waals surface area contributed by atoms with Crippen molar-refractivity contribution in [3.8, 4) is 0 Å². The molecule has 0 unspecified atom stereocenters. The molecule has 2 aliphatic heterocycles. The lowest BCUT2D eigenvalue weighted by atomic mass is 9.81. The highest BCUT2D eigenvalue weighted by atomic mass is 16.6. The normalized spacial score (nSPS) is 32.8. The molecule has 4 nitrogen and oxygen atoms in total. The van der Waals surface area contributed by atoms with Crippen LogP contribution in [0.4, 0.5) is 0 Å². The first-order valence-corrected chi connectivity index (χ1v) is 7.15. The van der Waals surface area contributed by atoms with Gasteiger partial charge in [0.05, 0.1) is 32.4 Å². The van der Waals surface area contributed by atoms with Gasteiger partial charge in [-0.05, 0) is 31.4 Å². The van der Waals surface area contributed by atoms with Gasteiger partial charge in [-0.25, -0.2) is 4.79 Å². The average Bonchev–Trinajstić information content (AvgIpc) is 2.83. The Kier molecular flexibility index (Phi) is 3.13. The van der Waals surface area contributed by atoms with E-state index in [0.717, 1.165) is 17.3 Å². The number of hydrogen-bond donors (Lipinski definition) is 0. The molecule has 3 heterocycles. The third kappa shape index (κ3) is 2.29. The number of hydrogen-bond acceptors (Lipinski definition) is 3. The molecule has 0 spiro atoms. The zero-order chi connectivity index (χ0) is 13.5. The maximum atomic E-state index is 11.9. The molecule has 4 heteroatoms. The molecule has 0 saturated carbocycles. The van der Waals surface area contributed by atoms with E-state index in [4.69, 9.17) is 9.15 Å². The van der Waals surface area contributed by atoms with E-state index in [1.165, 1.54) is 25.5 Å². The van der Waals surface area contributed by atoms with E-state index >= 15 is 0 Å². The number of quaternary nitrogens is 1. The summed E-state index contributed by atoms with van der Waals surface area (Å²) in [7, 11) is 4.64. The number of piperidine rings is 2. The highest BCUT2D eigenvalue weighted by Crippen LogP contribution is 2.38. The van der Waals surface area contributed by atoms with Crippen molar-refractivity contribution in [3.63, 3.8) is 0 Å². The van der Waals surface area contributed by atoms with Gasteiger partial charge < -0.3 is 13.6 Å². The second-order valence-corrected chi connectivity index (χ2v) is 6.34. The van der Waals surface area contributed by atoms with Crippen LogP contribution in [0.25, 0.3) is 0 Å². The van der Waals surface area contributed by atoms with Crippen LogP contribution in [0.1, 0.15) is 42.7 Å². The molecule has 19 heavy (non-hydrogen) atoms. The molecule has 2 aliphatic rings. The summed E-state index contributed by atoms with van der Waals surface area (Å²) in [5, 5.41) is 0. The standard InChI is InChI=1S/C15H22NO3/c1-16(2)11-5-3-6-12(16)10-13(9-11)19-15(17)14-7-4-8-18-14/h4,7-8,11-13H,3,5-6,9-10H2,1-2H3/q+1/t11-,12-/m1/s1. The Morgan fingerprint density at radius 2 is 2.00 bits per heavy atom. The number of furan rings is 1. The van der Waals surface area contributed by atoms with Crippen molar-refractivity contribution in [1.82, 2.24) is 0 Å². The minimum atomic E-state index is -0.319. The quantitative estimate of drug-likeness (QED) is 0.609. The number of esters is 1. The molecule has 2 fully saturated rings. The maximum absolute atomic E-state index is 11.9. The molecular weight excluding hydrogens is 242 g/mol. The van der Waals surface area contributed by atoms with Gasteiger partial charge >= 0.3 is 5.97 Å². The van der Waals surface area contributed by atoms with Crippen molar-refractivity contribution in [1.29, 1.82) is 0 Å². The first-order valence-electron chi connectivity index (χ1n) is 7.15. The van der Waals surface area contributed by atoms with Gasteiger partial charge in [0, 0.05) is 12.8 Å². The van der Waals surface area contributed by atoms with Crippen LogP contribution in [0.15, 0.2) is 22.8 Å². The Morgan fingerprint density at radius 3 is 2.58 bits per heavy atom. The van der Waals surface area contributed by atoms with E-state index in [9.17, 15) is 4.79 Å². The van der Waals surface area contributed by atoms with E-state index in [1.807, 2.05) is 0 Å². The van der Waals surface area contributed by atoms with Crippen molar-refractivity contribution in [2.24, 2.45) is 0 Å². The molecule has 0 aliphatic carbocycles. The van der Waals surface area contributed by atoms with Gasteiger partial charge in [0.1, 0.15) is 6.10 Å². The summed E-state index contributed by atoms with van der Waals surface area (Å²) in [5.74, 6) is -0.00948. The summed E-state index contributed by atoms with van der Waals surface area (Å²) in [6.45, 7) is 0. The molecule has 0 N–H and O–H groups in total. The van der Waals surface area contributed by atoms with Gasteiger partial charge in [0.2, 0.25) is 5.76 Å². The number of ether oxygens (including phenoxy) is 1. The van der Waals surface area contributed by atoms with Crippen molar-refractivity contribution >= 4 is 5.97 Å². The summed E-state index contributed by atoms with van der Waals surface area (Å²) < 4.78 is 11.8. The van der Waals surface area contributed by atoms with Crippen LogP contribution in [-0.4, -0.2) is 42.7 Å². The fourth-order valence-corrected chi connectivity index (χ4v) is 3.74. The van der Waals surface area contributed by atoms with Crippen LogP contribution < -0.4 is 0 Å². The Bertz CT molecular complexity index is 436. The number of carbonyl (C=O) groups is 1. The summed E-state index contributed by atoms with van der Waals surface area (Å²) >= 11 is 0. The van der Waals surface area contributed by atoms with E-state index in [-0.39, 0.29) is 12.1 Å². The summed E-state index contributed by atoms with van der Waals surface area (Å²) in [5.41, 5.74) is 0. The highest BCUT2D eigenvalue weighted by molar-refractivity contribution is 5.86. The molecular formula is C15H22NO3+. The second-order valence-electron chi connectivity index (χ2n) is 6.34. The van der Waals surface area contributed by atoms with Gasteiger partial charge in [-0.15, -0.1) is 0 Å². The summed E-state index contributed by atoms with van der Waals surface area (Å²) in [6, 6.07) is 4.63. The van der Waals surface area contributed by atoms with Gasteiger partial charge in [-0.3, -0.25) is 0 Å². The molecule has 2 bridgehead atoms. The SMILES string of the molecule is C[N+]1(C)[C@@H]2CCC[C@@H]1CC(OC(=O)c1ccco1)C2. The highest BCUT2D eigenvalue weighted by Gasteiger charge is 2.47. The lowest BCUT2D eigenvalue weighted by molar-refractivity contribution is -0.950. The first-order chi connectivity index (χ1) is 9.07. The second kappa shape index (κ2) is 4.67. The first kappa shape index (κ1) is 12.7. The van der Waals surface area contributed by atoms with E-state index in [1.54, 1.807) is 12.1 Å². The van der Waals surface area contributed by atoms with E-state index in [2.05, 4.69) is 14.1 Å². The number of rotatable bonds is 2. The number of nitrogens with zero attached hydrogens (tertiary/aromatic N) is 1. The summed E-state index contributed by atoms with van der Waals surface area (Å²) in [6.07, 6.45) is 7.34. The van der Waals surface area contributed by atoms with Crippen molar-refractivity contribution in [2.75, 3.05) is 14.1 Å². The fourth-order valence-electron chi connectivity index (χ4n) is 3.74. The third-order valence-corrected chi connectivity index (χ3v) is 5.02. The zero-order valence-electron chi connectivity index (χ0n) is 11.7. The monoisotopic (exact) mass is 264 g/mol. The van der Waals surface area contributed by atoms with Gasteiger partial charge in [0.25, 0.3) is 0 Å². The van der Waals surface area contributed by atoms with E-state index in [0.29, 0.717) is 17.8 Å². The minimum absolute atomic E-state index is 0.0547. The van der Waals surface area contributed by atoms with Crippen LogP contribution in [0.3, 0.4) is 0 Å². The Labute approximate surface area is 113 Å².